The molecule has 0 atom stereocenters. The molecule has 0 heterocycles. The van der Waals surface area contributed by atoms with Gasteiger partial charge in [0, 0.05) is 23.3 Å². The number of aliphatic imine (C=N–C) groups is 1. The van der Waals surface area contributed by atoms with Crippen molar-refractivity contribution in [2.24, 2.45) is 4.99 Å². The lowest BCUT2D eigenvalue weighted by atomic mass is 10.2. The van der Waals surface area contributed by atoms with Gasteiger partial charge in [0.1, 0.15) is 5.75 Å². The standard InChI is InChI=1S/C9H10BrNO/c1-11-6-7-5-8(10)3-4-9(7)12-2/h3-6H,1-2H3. The summed E-state index contributed by atoms with van der Waals surface area (Å²) in [6.45, 7) is 0. The molecule has 0 saturated carbocycles. The molecule has 0 saturated heterocycles. The van der Waals surface area contributed by atoms with E-state index in [9.17, 15) is 0 Å². The highest BCUT2D eigenvalue weighted by atomic mass is 79.9. The Hall–Kier alpha value is -0.830. The monoisotopic (exact) mass is 227 g/mol. The summed E-state index contributed by atoms with van der Waals surface area (Å²) in [6.07, 6.45) is 1.77. The van der Waals surface area contributed by atoms with Crippen molar-refractivity contribution in [3.05, 3.63) is 28.2 Å². The van der Waals surface area contributed by atoms with E-state index in [4.69, 9.17) is 4.74 Å². The van der Waals surface area contributed by atoms with Crippen molar-refractivity contribution in [3.8, 4) is 5.75 Å². The molecule has 1 rings (SSSR count). The number of rotatable bonds is 2. The molecule has 0 bridgehead atoms. The second-order valence-corrected chi connectivity index (χ2v) is 3.19. The van der Waals surface area contributed by atoms with Crippen molar-refractivity contribution in [2.45, 2.75) is 0 Å². The summed E-state index contributed by atoms with van der Waals surface area (Å²) < 4.78 is 6.17. The van der Waals surface area contributed by atoms with Crippen LogP contribution >= 0.6 is 15.9 Å². The van der Waals surface area contributed by atoms with Gasteiger partial charge in [0.2, 0.25) is 0 Å². The third kappa shape index (κ3) is 2.08. The Morgan fingerprint density at radius 1 is 1.50 bits per heavy atom. The molecular formula is C9H10BrNO. The van der Waals surface area contributed by atoms with E-state index in [1.54, 1.807) is 20.4 Å². The highest BCUT2D eigenvalue weighted by Crippen LogP contribution is 2.20. The molecule has 2 nitrogen and oxygen atoms in total. The van der Waals surface area contributed by atoms with Gasteiger partial charge in [-0.05, 0) is 18.2 Å². The van der Waals surface area contributed by atoms with Crippen LogP contribution in [0.3, 0.4) is 0 Å². The third-order valence-corrected chi connectivity index (χ3v) is 1.95. The highest BCUT2D eigenvalue weighted by molar-refractivity contribution is 9.10. The molecule has 0 fully saturated rings. The Morgan fingerprint density at radius 2 is 2.25 bits per heavy atom. The van der Waals surface area contributed by atoms with Gasteiger partial charge in [-0.3, -0.25) is 4.99 Å². The van der Waals surface area contributed by atoms with Crippen molar-refractivity contribution in [2.75, 3.05) is 14.2 Å². The number of hydrogen-bond donors (Lipinski definition) is 0. The second kappa shape index (κ2) is 4.26. The van der Waals surface area contributed by atoms with E-state index in [0.29, 0.717) is 0 Å². The van der Waals surface area contributed by atoms with Crippen LogP contribution < -0.4 is 4.74 Å². The Kier molecular flexibility index (Phi) is 3.29. The smallest absolute Gasteiger partial charge is 0.127 e. The third-order valence-electron chi connectivity index (χ3n) is 1.46. The lowest BCUT2D eigenvalue weighted by molar-refractivity contribution is 0.414. The average Bonchev–Trinajstić information content (AvgIpc) is 2.05. The molecule has 0 aliphatic carbocycles. The Balaban J connectivity index is 3.12. The fraction of sp³-hybridized carbons (Fsp3) is 0.222. The molecule has 0 spiro atoms. The van der Waals surface area contributed by atoms with Crippen LogP contribution in [0.15, 0.2) is 27.7 Å². The minimum absolute atomic E-state index is 0.837. The van der Waals surface area contributed by atoms with E-state index in [0.717, 1.165) is 15.8 Å². The molecule has 0 aliphatic heterocycles. The van der Waals surface area contributed by atoms with E-state index in [1.807, 2.05) is 18.2 Å². The Bertz CT molecular complexity index is 297. The summed E-state index contributed by atoms with van der Waals surface area (Å²) in [5.41, 5.74) is 0.981. The zero-order valence-electron chi connectivity index (χ0n) is 7.04. The molecule has 0 aromatic heterocycles. The zero-order valence-corrected chi connectivity index (χ0v) is 8.63. The number of ether oxygens (including phenoxy) is 1. The summed E-state index contributed by atoms with van der Waals surface area (Å²) in [5, 5.41) is 0. The van der Waals surface area contributed by atoms with Crippen molar-refractivity contribution in [1.29, 1.82) is 0 Å². The van der Waals surface area contributed by atoms with E-state index >= 15 is 0 Å². The van der Waals surface area contributed by atoms with E-state index < -0.39 is 0 Å². The van der Waals surface area contributed by atoms with Gasteiger partial charge in [0.25, 0.3) is 0 Å². The van der Waals surface area contributed by atoms with E-state index in [2.05, 4.69) is 20.9 Å². The number of nitrogens with zero attached hydrogens (tertiary/aromatic N) is 1. The molecule has 0 amide bonds. The molecule has 64 valence electrons. The fourth-order valence-electron chi connectivity index (χ4n) is 0.945. The number of hydrogen-bond acceptors (Lipinski definition) is 2. The van der Waals surface area contributed by atoms with Crippen molar-refractivity contribution in [1.82, 2.24) is 0 Å². The highest BCUT2D eigenvalue weighted by Gasteiger charge is 1.99. The fourth-order valence-corrected chi connectivity index (χ4v) is 1.32. The summed E-state index contributed by atoms with van der Waals surface area (Å²) >= 11 is 3.38. The van der Waals surface area contributed by atoms with Crippen LogP contribution in [0.4, 0.5) is 0 Å². The van der Waals surface area contributed by atoms with Crippen molar-refractivity contribution in [3.63, 3.8) is 0 Å². The van der Waals surface area contributed by atoms with Gasteiger partial charge in [0.15, 0.2) is 0 Å². The summed E-state index contributed by atoms with van der Waals surface area (Å²) in [7, 11) is 3.39. The van der Waals surface area contributed by atoms with E-state index in [-0.39, 0.29) is 0 Å². The van der Waals surface area contributed by atoms with Crippen LogP contribution in [-0.4, -0.2) is 20.4 Å². The number of benzene rings is 1. The molecular weight excluding hydrogens is 218 g/mol. The molecule has 12 heavy (non-hydrogen) atoms. The van der Waals surface area contributed by atoms with Crippen LogP contribution in [0.5, 0.6) is 5.75 Å². The minimum Gasteiger partial charge on any atom is -0.496 e. The average molecular weight is 228 g/mol. The van der Waals surface area contributed by atoms with Gasteiger partial charge in [-0.15, -0.1) is 0 Å². The van der Waals surface area contributed by atoms with Crippen LogP contribution in [0, 0.1) is 0 Å². The van der Waals surface area contributed by atoms with Crippen molar-refractivity contribution >= 4 is 22.1 Å². The molecule has 1 aromatic rings. The normalized spacial score (nSPS) is 10.6. The van der Waals surface area contributed by atoms with Gasteiger partial charge in [-0.25, -0.2) is 0 Å². The summed E-state index contributed by atoms with van der Waals surface area (Å²) in [5.74, 6) is 0.837. The molecule has 0 radical (unpaired) electrons. The Morgan fingerprint density at radius 3 is 2.83 bits per heavy atom. The first kappa shape index (κ1) is 9.26. The zero-order chi connectivity index (χ0) is 8.97. The predicted octanol–water partition coefficient (Wildman–Crippen LogP) is 2.51. The lowest BCUT2D eigenvalue weighted by Crippen LogP contribution is -1.90. The SMILES string of the molecule is CN=Cc1cc(Br)ccc1OC. The van der Waals surface area contributed by atoms with Gasteiger partial charge < -0.3 is 4.74 Å². The van der Waals surface area contributed by atoms with Crippen LogP contribution in [-0.2, 0) is 0 Å². The Labute approximate surface area is 80.4 Å². The molecule has 3 heteroatoms. The van der Waals surface area contributed by atoms with Gasteiger partial charge in [0.05, 0.1) is 7.11 Å². The maximum absolute atomic E-state index is 5.14. The minimum atomic E-state index is 0.837. The first-order chi connectivity index (χ1) is 5.77. The van der Waals surface area contributed by atoms with Crippen LogP contribution in [0.1, 0.15) is 5.56 Å². The molecule has 1 aromatic carbocycles. The van der Waals surface area contributed by atoms with Gasteiger partial charge in [-0.1, -0.05) is 15.9 Å². The molecule has 0 aliphatic rings. The maximum atomic E-state index is 5.14. The first-order valence-electron chi connectivity index (χ1n) is 3.53. The summed E-state index contributed by atoms with van der Waals surface area (Å²) in [4.78, 5) is 3.93. The predicted molar refractivity (Wildman–Crippen MR) is 54.2 cm³/mol. The maximum Gasteiger partial charge on any atom is 0.127 e. The topological polar surface area (TPSA) is 21.6 Å². The van der Waals surface area contributed by atoms with Gasteiger partial charge in [-0.2, -0.15) is 0 Å². The van der Waals surface area contributed by atoms with Crippen molar-refractivity contribution < 1.29 is 4.74 Å². The van der Waals surface area contributed by atoms with Crippen LogP contribution in [0.25, 0.3) is 0 Å². The summed E-state index contributed by atoms with van der Waals surface area (Å²) in [6, 6.07) is 5.80. The number of halogens is 1. The molecule has 0 N–H and O–H groups in total. The number of methoxy groups -OCH3 is 1. The molecule has 0 unspecified atom stereocenters. The first-order valence-corrected chi connectivity index (χ1v) is 4.33. The largest absolute Gasteiger partial charge is 0.496 e. The second-order valence-electron chi connectivity index (χ2n) is 2.27. The van der Waals surface area contributed by atoms with Crippen LogP contribution in [0.2, 0.25) is 0 Å². The lowest BCUT2D eigenvalue weighted by Gasteiger charge is -2.03. The quantitative estimate of drug-likeness (QED) is 0.712. The van der Waals surface area contributed by atoms with E-state index in [1.165, 1.54) is 0 Å². The van der Waals surface area contributed by atoms with Gasteiger partial charge >= 0.3 is 0 Å².